The highest BCUT2D eigenvalue weighted by molar-refractivity contribution is 5.95. The topological polar surface area (TPSA) is 46.3 Å². The number of amides is 1. The summed E-state index contributed by atoms with van der Waals surface area (Å²) in [4.78, 5) is 13.3. The van der Waals surface area contributed by atoms with E-state index in [0.29, 0.717) is 19.2 Å². The zero-order chi connectivity index (χ0) is 12.6. The molecule has 1 aliphatic rings. The van der Waals surface area contributed by atoms with Gasteiger partial charge in [-0.25, -0.2) is 8.78 Å². The molecular weight excluding hydrogens is 226 g/mol. The fourth-order valence-corrected chi connectivity index (χ4v) is 1.91. The molecule has 1 fully saturated rings. The number of hydrogen-bond donors (Lipinski definition) is 1. The van der Waals surface area contributed by atoms with Gasteiger partial charge in [0.25, 0.3) is 5.91 Å². The fraction of sp³-hybridized carbons (Fsp3) is 0.417. The molecule has 0 unspecified atom stereocenters. The van der Waals surface area contributed by atoms with Crippen molar-refractivity contribution in [3.63, 3.8) is 0 Å². The zero-order valence-electron chi connectivity index (χ0n) is 9.54. The van der Waals surface area contributed by atoms with Gasteiger partial charge in [0.05, 0.1) is 11.1 Å². The zero-order valence-corrected chi connectivity index (χ0v) is 9.54. The maximum atomic E-state index is 13.4. The van der Waals surface area contributed by atoms with E-state index in [1.807, 2.05) is 6.92 Å². The molecule has 1 heterocycles. The van der Waals surface area contributed by atoms with Gasteiger partial charge >= 0.3 is 0 Å². The maximum absolute atomic E-state index is 13.4. The van der Waals surface area contributed by atoms with Gasteiger partial charge < -0.3 is 10.6 Å². The van der Waals surface area contributed by atoms with Gasteiger partial charge in [0.15, 0.2) is 0 Å². The summed E-state index contributed by atoms with van der Waals surface area (Å²) in [6.07, 6.45) is 0.767. The van der Waals surface area contributed by atoms with Gasteiger partial charge in [-0.15, -0.1) is 0 Å². The SMILES string of the molecule is CCC1(N)CN(C(=O)c2ccc(F)cc2F)C1. The number of likely N-dealkylation sites (tertiary alicyclic amines) is 1. The Morgan fingerprint density at radius 1 is 1.47 bits per heavy atom. The Balaban J connectivity index is 2.12. The van der Waals surface area contributed by atoms with E-state index in [-0.39, 0.29) is 11.1 Å². The quantitative estimate of drug-likeness (QED) is 0.852. The van der Waals surface area contributed by atoms with Crippen molar-refractivity contribution in [2.75, 3.05) is 13.1 Å². The van der Waals surface area contributed by atoms with Crippen LogP contribution in [0.3, 0.4) is 0 Å². The fourth-order valence-electron chi connectivity index (χ4n) is 1.91. The Morgan fingerprint density at radius 3 is 2.65 bits per heavy atom. The maximum Gasteiger partial charge on any atom is 0.256 e. The van der Waals surface area contributed by atoms with Crippen LogP contribution in [0.25, 0.3) is 0 Å². The Labute approximate surface area is 98.2 Å². The molecule has 0 bridgehead atoms. The number of halogens is 2. The molecule has 17 heavy (non-hydrogen) atoms. The van der Waals surface area contributed by atoms with Crippen LogP contribution in [0.15, 0.2) is 18.2 Å². The first kappa shape index (κ1) is 12.0. The molecule has 5 heteroatoms. The molecule has 0 aromatic heterocycles. The van der Waals surface area contributed by atoms with Gasteiger partial charge in [0, 0.05) is 19.2 Å². The molecule has 1 saturated heterocycles. The lowest BCUT2D eigenvalue weighted by Gasteiger charge is -2.47. The van der Waals surface area contributed by atoms with Crippen molar-refractivity contribution in [1.29, 1.82) is 0 Å². The van der Waals surface area contributed by atoms with E-state index in [1.165, 1.54) is 4.90 Å². The summed E-state index contributed by atoms with van der Waals surface area (Å²) < 4.78 is 26.1. The molecular formula is C12H14F2N2O. The minimum atomic E-state index is -0.832. The first-order chi connectivity index (χ1) is 7.95. The normalized spacial score (nSPS) is 17.8. The Kier molecular flexibility index (Phi) is 2.87. The molecule has 1 aromatic rings. The number of benzene rings is 1. The van der Waals surface area contributed by atoms with Crippen molar-refractivity contribution in [2.45, 2.75) is 18.9 Å². The summed E-state index contributed by atoms with van der Waals surface area (Å²) in [6.45, 7) is 2.78. The highest BCUT2D eigenvalue weighted by atomic mass is 19.1. The molecule has 2 N–H and O–H groups in total. The highest BCUT2D eigenvalue weighted by Gasteiger charge is 2.41. The number of nitrogens with zero attached hydrogens (tertiary/aromatic N) is 1. The molecule has 1 amide bonds. The van der Waals surface area contributed by atoms with Crippen molar-refractivity contribution in [2.24, 2.45) is 5.73 Å². The summed E-state index contributed by atoms with van der Waals surface area (Å²) in [5.41, 5.74) is 5.46. The van der Waals surface area contributed by atoms with Gasteiger partial charge in [0.2, 0.25) is 0 Å². The standard InChI is InChI=1S/C12H14F2N2O/c1-2-12(15)6-16(7-12)11(17)9-4-3-8(13)5-10(9)14/h3-5H,2,6-7,15H2,1H3. The van der Waals surface area contributed by atoms with E-state index in [1.54, 1.807) is 0 Å². The van der Waals surface area contributed by atoms with Crippen LogP contribution in [-0.2, 0) is 0 Å². The Bertz CT molecular complexity index is 456. The predicted octanol–water partition coefficient (Wildman–Crippen LogP) is 1.53. The van der Waals surface area contributed by atoms with Crippen LogP contribution in [0.1, 0.15) is 23.7 Å². The third kappa shape index (κ3) is 2.15. The van der Waals surface area contributed by atoms with Crippen LogP contribution < -0.4 is 5.73 Å². The van der Waals surface area contributed by atoms with Gasteiger partial charge in [-0.1, -0.05) is 6.92 Å². The molecule has 0 aliphatic carbocycles. The molecule has 0 radical (unpaired) electrons. The molecule has 0 spiro atoms. The predicted molar refractivity (Wildman–Crippen MR) is 59.5 cm³/mol. The van der Waals surface area contributed by atoms with Crippen LogP contribution in [-0.4, -0.2) is 29.4 Å². The molecule has 92 valence electrons. The largest absolute Gasteiger partial charge is 0.335 e. The van der Waals surface area contributed by atoms with Gasteiger partial charge in [-0.2, -0.15) is 0 Å². The number of carbonyl (C=O) groups excluding carboxylic acids is 1. The number of carbonyl (C=O) groups is 1. The van der Waals surface area contributed by atoms with E-state index >= 15 is 0 Å². The lowest BCUT2D eigenvalue weighted by molar-refractivity contribution is 0.0397. The van der Waals surface area contributed by atoms with Gasteiger partial charge in [0.1, 0.15) is 11.6 Å². The first-order valence-electron chi connectivity index (χ1n) is 5.48. The summed E-state index contributed by atoms with van der Waals surface area (Å²) >= 11 is 0. The number of hydrogen-bond acceptors (Lipinski definition) is 2. The highest BCUT2D eigenvalue weighted by Crippen LogP contribution is 2.24. The lowest BCUT2D eigenvalue weighted by Crippen LogP contribution is -2.68. The third-order valence-corrected chi connectivity index (χ3v) is 3.16. The van der Waals surface area contributed by atoms with Crippen molar-refractivity contribution in [3.05, 3.63) is 35.4 Å². The van der Waals surface area contributed by atoms with Crippen molar-refractivity contribution >= 4 is 5.91 Å². The summed E-state index contributed by atoms with van der Waals surface area (Å²) in [5.74, 6) is -1.96. The number of nitrogens with two attached hydrogens (primary N) is 1. The molecule has 2 rings (SSSR count). The van der Waals surface area contributed by atoms with Gasteiger partial charge in [-0.05, 0) is 18.6 Å². The first-order valence-corrected chi connectivity index (χ1v) is 5.48. The van der Waals surface area contributed by atoms with Crippen molar-refractivity contribution in [3.8, 4) is 0 Å². The average molecular weight is 240 g/mol. The minimum absolute atomic E-state index is 0.107. The second-order valence-electron chi connectivity index (χ2n) is 4.50. The second kappa shape index (κ2) is 4.07. The Morgan fingerprint density at radius 2 is 2.12 bits per heavy atom. The van der Waals surface area contributed by atoms with Crippen molar-refractivity contribution < 1.29 is 13.6 Å². The van der Waals surface area contributed by atoms with E-state index in [2.05, 4.69) is 0 Å². The Hall–Kier alpha value is -1.49. The smallest absolute Gasteiger partial charge is 0.256 e. The van der Waals surface area contributed by atoms with E-state index in [0.717, 1.165) is 18.6 Å². The minimum Gasteiger partial charge on any atom is -0.335 e. The van der Waals surface area contributed by atoms with Crippen LogP contribution in [0, 0.1) is 11.6 Å². The average Bonchev–Trinajstić information content (AvgIpc) is 2.24. The summed E-state index contributed by atoms with van der Waals surface area (Å²) in [7, 11) is 0. The molecule has 3 nitrogen and oxygen atoms in total. The van der Waals surface area contributed by atoms with E-state index < -0.39 is 17.5 Å². The van der Waals surface area contributed by atoms with Gasteiger partial charge in [-0.3, -0.25) is 4.79 Å². The van der Waals surface area contributed by atoms with Crippen LogP contribution in [0.2, 0.25) is 0 Å². The van der Waals surface area contributed by atoms with Crippen LogP contribution in [0.5, 0.6) is 0 Å². The number of rotatable bonds is 2. The van der Waals surface area contributed by atoms with E-state index in [4.69, 9.17) is 5.73 Å². The third-order valence-electron chi connectivity index (χ3n) is 3.16. The van der Waals surface area contributed by atoms with E-state index in [9.17, 15) is 13.6 Å². The lowest BCUT2D eigenvalue weighted by atomic mass is 9.88. The summed E-state index contributed by atoms with van der Waals surface area (Å²) in [5, 5.41) is 0. The summed E-state index contributed by atoms with van der Waals surface area (Å²) in [6, 6.07) is 2.95. The van der Waals surface area contributed by atoms with Crippen LogP contribution in [0.4, 0.5) is 8.78 Å². The monoisotopic (exact) mass is 240 g/mol. The molecule has 1 aromatic carbocycles. The van der Waals surface area contributed by atoms with Crippen molar-refractivity contribution in [1.82, 2.24) is 4.90 Å². The molecule has 0 atom stereocenters. The molecule has 0 saturated carbocycles. The molecule has 1 aliphatic heterocycles. The second-order valence-corrected chi connectivity index (χ2v) is 4.50. The van der Waals surface area contributed by atoms with Crippen LogP contribution >= 0.6 is 0 Å².